The van der Waals surface area contributed by atoms with Gasteiger partial charge in [0, 0.05) is 6.26 Å². The molecule has 0 bridgehead atoms. The number of hydrogen-bond donors (Lipinski definition) is 2. The van der Waals surface area contributed by atoms with E-state index in [4.69, 9.17) is 0 Å². The Morgan fingerprint density at radius 3 is 2.55 bits per heavy atom. The summed E-state index contributed by atoms with van der Waals surface area (Å²) >= 11 is 0. The fraction of sp³-hybridized carbons (Fsp3) is 0.833. The Hall–Kier alpha value is -0.420. The van der Waals surface area contributed by atoms with Crippen LogP contribution in [0.5, 0.6) is 0 Å². The van der Waals surface area contributed by atoms with E-state index in [1.165, 1.54) is 6.26 Å². The summed E-state index contributed by atoms with van der Waals surface area (Å²) in [4.78, 5) is 10.8. The van der Waals surface area contributed by atoms with Gasteiger partial charge in [-0.1, -0.05) is 10.1 Å². The zero-order valence-electron chi connectivity index (χ0n) is 7.09. The summed E-state index contributed by atoms with van der Waals surface area (Å²) in [5.74, 6) is -0.440. The lowest BCUT2D eigenvalue weighted by atomic mass is 10.8. The van der Waals surface area contributed by atoms with Gasteiger partial charge in [-0.05, 0) is 14.0 Å². The molecule has 0 saturated carbocycles. The van der Waals surface area contributed by atoms with Crippen LogP contribution in [0.2, 0.25) is 0 Å². The number of nitrogens with one attached hydrogen (secondary N) is 1. The molecule has 0 rings (SSSR count). The van der Waals surface area contributed by atoms with Gasteiger partial charge in [0.25, 0.3) is 0 Å². The van der Waals surface area contributed by atoms with Crippen molar-refractivity contribution in [2.75, 3.05) is 25.7 Å². The van der Waals surface area contributed by atoms with Crippen molar-refractivity contribution >= 4 is 16.1 Å². The third-order valence-corrected chi connectivity index (χ3v) is 3.02. The lowest BCUT2D eigenvalue weighted by Gasteiger charge is -2.15. The molecule has 0 amide bonds. The molecule has 0 spiro atoms. The minimum Gasteiger partial charge on any atom is -0.465 e. The van der Waals surface area contributed by atoms with E-state index in [1.807, 2.05) is 0 Å². The van der Waals surface area contributed by atoms with Crippen molar-refractivity contribution in [1.82, 2.24) is 4.72 Å². The smallest absolute Gasteiger partial charge is 0.317 e. The van der Waals surface area contributed by atoms with Gasteiger partial charge in [-0.2, -0.15) is 0 Å². The molecule has 0 aliphatic carbocycles. The average molecular weight is 181 g/mol. The summed E-state index contributed by atoms with van der Waals surface area (Å²) in [5, 5.41) is 0. The van der Waals surface area contributed by atoms with Gasteiger partial charge >= 0.3 is 5.97 Å². The molecule has 4 nitrogen and oxygen atoms in total. The number of carbonyl (C=O) groups is 1. The Bertz CT molecular complexity index is 181. The molecule has 68 valence electrons. The fourth-order valence-corrected chi connectivity index (χ4v) is 1.27. The van der Waals surface area contributed by atoms with E-state index in [9.17, 15) is 9.00 Å². The minimum atomic E-state index is -2.48. The van der Waals surface area contributed by atoms with E-state index in [2.05, 4.69) is 9.46 Å². The third kappa shape index (κ3) is 4.92. The number of thiol groups is 1. The van der Waals surface area contributed by atoms with Crippen LogP contribution in [0.15, 0.2) is 0 Å². The maximum absolute atomic E-state index is 11.3. The fourth-order valence-electron chi connectivity index (χ4n) is 0.532. The Morgan fingerprint density at radius 1 is 1.64 bits per heavy atom. The molecule has 0 aromatic rings. The van der Waals surface area contributed by atoms with Crippen LogP contribution in [0.3, 0.4) is 0 Å². The molecule has 1 N–H and O–H groups in total. The van der Waals surface area contributed by atoms with Crippen molar-refractivity contribution in [2.45, 2.75) is 6.92 Å². The van der Waals surface area contributed by atoms with E-state index < -0.39 is 16.1 Å². The van der Waals surface area contributed by atoms with Crippen LogP contribution in [-0.4, -0.2) is 35.8 Å². The van der Waals surface area contributed by atoms with Crippen molar-refractivity contribution in [3.8, 4) is 0 Å². The van der Waals surface area contributed by atoms with Crippen molar-refractivity contribution < 1.29 is 13.7 Å². The van der Waals surface area contributed by atoms with Crippen molar-refractivity contribution in [2.24, 2.45) is 0 Å². The van der Waals surface area contributed by atoms with E-state index in [0.29, 0.717) is 6.61 Å². The minimum absolute atomic E-state index is 0.0304. The van der Waals surface area contributed by atoms with Crippen LogP contribution in [0.4, 0.5) is 0 Å². The van der Waals surface area contributed by atoms with Gasteiger partial charge in [-0.3, -0.25) is 13.7 Å². The highest BCUT2D eigenvalue weighted by molar-refractivity contribution is 8.01. The summed E-state index contributed by atoms with van der Waals surface area (Å²) in [6.07, 6.45) is 1.52. The molecule has 5 heteroatoms. The second kappa shape index (κ2) is 4.46. The molecule has 0 fully saturated rings. The van der Waals surface area contributed by atoms with Gasteiger partial charge in [-0.15, -0.1) is 0 Å². The standard InChI is InChI=1S/C6H15NO3S/c1-4-10-6(8)5-11(3,9)7-2/h11H,4-5H2,1-3H3,(H,7,9). The Labute approximate surface area is 67.9 Å². The molecule has 0 saturated heterocycles. The van der Waals surface area contributed by atoms with Crippen LogP contribution in [0, 0.1) is 0 Å². The SMILES string of the molecule is CCOC(=O)C[SH](C)(=O)NC. The van der Waals surface area contributed by atoms with Gasteiger partial charge < -0.3 is 4.74 Å². The summed E-state index contributed by atoms with van der Waals surface area (Å²) in [6, 6.07) is 0. The average Bonchev–Trinajstić information content (AvgIpc) is 1.87. The molecule has 0 aromatic heterocycles. The van der Waals surface area contributed by atoms with Crippen molar-refractivity contribution in [3.05, 3.63) is 0 Å². The summed E-state index contributed by atoms with van der Waals surface area (Å²) in [5.41, 5.74) is 0. The third-order valence-electron chi connectivity index (χ3n) is 1.21. The Kier molecular flexibility index (Phi) is 4.29. The zero-order chi connectivity index (χ0) is 8.91. The van der Waals surface area contributed by atoms with Crippen LogP contribution >= 0.6 is 0 Å². The van der Waals surface area contributed by atoms with Crippen LogP contribution < -0.4 is 4.72 Å². The Morgan fingerprint density at radius 2 is 2.18 bits per heavy atom. The van der Waals surface area contributed by atoms with Gasteiger partial charge in [0.2, 0.25) is 0 Å². The molecule has 0 aromatic carbocycles. The number of carbonyl (C=O) groups excluding carboxylic acids is 1. The lowest BCUT2D eigenvalue weighted by molar-refractivity contribution is -0.139. The van der Waals surface area contributed by atoms with Crippen molar-refractivity contribution in [3.63, 3.8) is 0 Å². The highest BCUT2D eigenvalue weighted by Crippen LogP contribution is 1.93. The molecule has 0 atom stereocenters. The van der Waals surface area contributed by atoms with Gasteiger partial charge in [0.1, 0.15) is 5.75 Å². The van der Waals surface area contributed by atoms with E-state index in [1.54, 1.807) is 14.0 Å². The normalized spacial score (nSPS) is 12.6. The maximum Gasteiger partial charge on any atom is 0.317 e. The quantitative estimate of drug-likeness (QED) is 0.447. The molecular formula is C6H15NO3S. The molecule has 11 heavy (non-hydrogen) atoms. The summed E-state index contributed by atoms with van der Waals surface area (Å²) < 4.78 is 18.5. The predicted molar refractivity (Wildman–Crippen MR) is 46.0 cm³/mol. The topological polar surface area (TPSA) is 55.4 Å². The molecule has 0 radical (unpaired) electrons. The van der Waals surface area contributed by atoms with E-state index in [0.717, 1.165) is 0 Å². The maximum atomic E-state index is 11.3. The molecule has 0 unspecified atom stereocenters. The van der Waals surface area contributed by atoms with E-state index >= 15 is 0 Å². The molecule has 0 aliphatic rings. The number of ether oxygens (including phenoxy) is 1. The first kappa shape index (κ1) is 10.6. The highest BCUT2D eigenvalue weighted by Gasteiger charge is 2.11. The van der Waals surface area contributed by atoms with Gasteiger partial charge in [0.15, 0.2) is 0 Å². The molecular weight excluding hydrogens is 166 g/mol. The number of rotatable bonds is 4. The summed E-state index contributed by atoms with van der Waals surface area (Å²) in [7, 11) is -0.914. The predicted octanol–water partition coefficient (Wildman–Crippen LogP) is -0.670. The van der Waals surface area contributed by atoms with E-state index in [-0.39, 0.29) is 5.75 Å². The highest BCUT2D eigenvalue weighted by atomic mass is 32.3. The largest absolute Gasteiger partial charge is 0.465 e. The van der Waals surface area contributed by atoms with Crippen LogP contribution in [-0.2, 0) is 19.7 Å². The van der Waals surface area contributed by atoms with Crippen LogP contribution in [0.25, 0.3) is 0 Å². The first-order valence-corrected chi connectivity index (χ1v) is 5.77. The van der Waals surface area contributed by atoms with Crippen LogP contribution in [0.1, 0.15) is 6.92 Å². The van der Waals surface area contributed by atoms with Gasteiger partial charge in [-0.25, -0.2) is 0 Å². The molecule has 0 heterocycles. The Balaban J connectivity index is 3.84. The van der Waals surface area contributed by atoms with Crippen molar-refractivity contribution in [1.29, 1.82) is 0 Å². The number of hydrogen-bond acceptors (Lipinski definition) is 3. The van der Waals surface area contributed by atoms with Gasteiger partial charge in [0.05, 0.1) is 6.61 Å². The number of esters is 1. The first-order chi connectivity index (χ1) is 5.02. The summed E-state index contributed by atoms with van der Waals surface area (Å²) in [6.45, 7) is 2.06. The first-order valence-electron chi connectivity index (χ1n) is 3.43. The lowest BCUT2D eigenvalue weighted by Crippen LogP contribution is -2.34. The molecule has 0 aliphatic heterocycles. The monoisotopic (exact) mass is 181 g/mol. The zero-order valence-corrected chi connectivity index (χ0v) is 7.98. The second-order valence-corrected chi connectivity index (χ2v) is 5.25. The second-order valence-electron chi connectivity index (χ2n) is 2.29.